The molecule has 4 saturated carbocycles. The maximum atomic E-state index is 12.1. The normalized spacial score (nSPS) is 51.5. The number of aliphatic hydroxyl groups excluding tert-OH is 7. The third-order valence-corrected chi connectivity index (χ3v) is 16.4. The standard InChI is InChI=1S/C43H72O11/c1-10-26-32(46)34(48)36(50)38(51-26)54-37-35(49)33(47)27(21-44)52-39(37)53-30-16-17-41(7)28(40(30,5)6)15-19-42(8)29(41)20-25(45)31-24(14-18-43(31,42)9)23(4)13-11-12-22(2)3/h12,24-39,44-50H,4,10-11,13-21H2,1-3,5-9H3/t24-,25-,26-,27-,28+,29-,30+,31+,32-,33-,34+,35+,36-,37-,38+,39-,41+,42-,43-/m1/s1. The Morgan fingerprint density at radius 1 is 0.759 bits per heavy atom. The highest BCUT2D eigenvalue weighted by atomic mass is 16.8. The first-order chi connectivity index (χ1) is 25.3. The second-order valence-electron chi connectivity index (χ2n) is 19.7. The molecule has 0 bridgehead atoms. The number of fused-ring (bicyclic) bond motifs is 5. The summed E-state index contributed by atoms with van der Waals surface area (Å²) in [5.74, 6) is 1.11. The van der Waals surface area contributed by atoms with Gasteiger partial charge in [-0.05, 0) is 123 Å². The lowest BCUT2D eigenvalue weighted by molar-refractivity contribution is -0.377. The molecule has 310 valence electrons. The van der Waals surface area contributed by atoms with E-state index in [0.29, 0.717) is 24.7 Å². The minimum Gasteiger partial charge on any atom is -0.394 e. The first-order valence-corrected chi connectivity index (χ1v) is 20.9. The van der Waals surface area contributed by atoms with Crippen LogP contribution in [0.5, 0.6) is 0 Å². The molecule has 6 aliphatic rings. The van der Waals surface area contributed by atoms with Crippen molar-refractivity contribution in [2.75, 3.05) is 6.61 Å². The van der Waals surface area contributed by atoms with Crippen molar-refractivity contribution < 1.29 is 54.7 Å². The molecule has 11 heteroatoms. The predicted octanol–water partition coefficient (Wildman–Crippen LogP) is 4.37. The van der Waals surface area contributed by atoms with Crippen LogP contribution < -0.4 is 0 Å². The first-order valence-electron chi connectivity index (χ1n) is 20.9. The second-order valence-corrected chi connectivity index (χ2v) is 19.7. The van der Waals surface area contributed by atoms with E-state index in [1.54, 1.807) is 6.92 Å². The van der Waals surface area contributed by atoms with Crippen molar-refractivity contribution in [1.82, 2.24) is 0 Å². The predicted molar refractivity (Wildman–Crippen MR) is 203 cm³/mol. The molecule has 4 aliphatic carbocycles. The Bertz CT molecular complexity index is 1360. The first kappa shape index (κ1) is 42.6. The van der Waals surface area contributed by atoms with Gasteiger partial charge in [0.2, 0.25) is 0 Å². The van der Waals surface area contributed by atoms with Crippen LogP contribution >= 0.6 is 0 Å². The lowest BCUT2D eigenvalue weighted by Crippen LogP contribution is -2.67. The van der Waals surface area contributed by atoms with Gasteiger partial charge in [0.05, 0.1) is 24.9 Å². The lowest BCUT2D eigenvalue weighted by Gasteiger charge is -2.70. The minimum atomic E-state index is -1.63. The molecule has 0 amide bonds. The summed E-state index contributed by atoms with van der Waals surface area (Å²) in [7, 11) is 0. The van der Waals surface area contributed by atoms with Crippen LogP contribution in [0.25, 0.3) is 0 Å². The fraction of sp³-hybridized carbons (Fsp3) is 0.907. The Morgan fingerprint density at radius 2 is 1.41 bits per heavy atom. The summed E-state index contributed by atoms with van der Waals surface area (Å²) in [6.45, 7) is 22.0. The summed E-state index contributed by atoms with van der Waals surface area (Å²) < 4.78 is 24.8. The molecule has 2 aliphatic heterocycles. The van der Waals surface area contributed by atoms with E-state index in [0.717, 1.165) is 51.4 Å². The molecule has 0 aromatic rings. The molecule has 7 N–H and O–H groups in total. The van der Waals surface area contributed by atoms with Crippen LogP contribution in [-0.2, 0) is 18.9 Å². The zero-order chi connectivity index (χ0) is 39.7. The van der Waals surface area contributed by atoms with Crippen LogP contribution in [0, 0.1) is 45.3 Å². The van der Waals surface area contributed by atoms with Crippen LogP contribution in [0.2, 0.25) is 0 Å². The van der Waals surface area contributed by atoms with Crippen molar-refractivity contribution in [3.05, 3.63) is 23.8 Å². The largest absolute Gasteiger partial charge is 0.394 e. The summed E-state index contributed by atoms with van der Waals surface area (Å²) in [5.41, 5.74) is 2.23. The molecule has 0 unspecified atom stereocenters. The van der Waals surface area contributed by atoms with Gasteiger partial charge >= 0.3 is 0 Å². The lowest BCUT2D eigenvalue weighted by atomic mass is 9.35. The number of ether oxygens (including phenoxy) is 4. The third kappa shape index (κ3) is 6.91. The highest BCUT2D eigenvalue weighted by Crippen LogP contribution is 2.75. The van der Waals surface area contributed by atoms with Crippen LogP contribution in [-0.4, -0.2) is 116 Å². The Morgan fingerprint density at radius 3 is 2.06 bits per heavy atom. The average molecular weight is 765 g/mol. The summed E-state index contributed by atoms with van der Waals surface area (Å²) in [5, 5.41) is 76.2. The number of aliphatic hydroxyl groups is 7. The fourth-order valence-corrected chi connectivity index (χ4v) is 13.2. The quantitative estimate of drug-likeness (QED) is 0.124. The van der Waals surface area contributed by atoms with E-state index in [1.807, 2.05) is 0 Å². The number of rotatable bonds is 10. The van der Waals surface area contributed by atoms with Crippen LogP contribution in [0.15, 0.2) is 23.8 Å². The molecule has 0 radical (unpaired) electrons. The zero-order valence-corrected chi connectivity index (χ0v) is 34.1. The van der Waals surface area contributed by atoms with Gasteiger partial charge in [0.15, 0.2) is 12.6 Å². The van der Waals surface area contributed by atoms with Gasteiger partial charge in [-0.3, -0.25) is 0 Å². The molecule has 0 aromatic heterocycles. The van der Waals surface area contributed by atoms with Crippen molar-refractivity contribution >= 4 is 0 Å². The van der Waals surface area contributed by atoms with Gasteiger partial charge in [-0.1, -0.05) is 65.3 Å². The van der Waals surface area contributed by atoms with Crippen LogP contribution in [0.3, 0.4) is 0 Å². The number of hydrogen-bond donors (Lipinski definition) is 7. The Labute approximate surface area is 323 Å². The summed E-state index contributed by atoms with van der Waals surface area (Å²) in [4.78, 5) is 0. The molecular weight excluding hydrogens is 692 g/mol. The smallest absolute Gasteiger partial charge is 0.187 e. The minimum absolute atomic E-state index is 0.00609. The van der Waals surface area contributed by atoms with E-state index >= 15 is 0 Å². The molecule has 19 atom stereocenters. The van der Waals surface area contributed by atoms with Crippen molar-refractivity contribution in [1.29, 1.82) is 0 Å². The molecule has 2 saturated heterocycles. The summed E-state index contributed by atoms with van der Waals surface area (Å²) >= 11 is 0. The molecule has 11 nitrogen and oxygen atoms in total. The topological polar surface area (TPSA) is 179 Å². The van der Waals surface area contributed by atoms with Crippen molar-refractivity contribution in [2.45, 2.75) is 193 Å². The molecule has 0 aromatic carbocycles. The molecule has 6 rings (SSSR count). The highest BCUT2D eigenvalue weighted by Gasteiger charge is 2.70. The fourth-order valence-electron chi connectivity index (χ4n) is 13.2. The van der Waals surface area contributed by atoms with E-state index < -0.39 is 74.1 Å². The second kappa shape index (κ2) is 15.7. The van der Waals surface area contributed by atoms with Gasteiger partial charge in [0.25, 0.3) is 0 Å². The van der Waals surface area contributed by atoms with Gasteiger partial charge in [0.1, 0.15) is 42.7 Å². The van der Waals surface area contributed by atoms with E-state index in [1.165, 1.54) is 11.1 Å². The summed E-state index contributed by atoms with van der Waals surface area (Å²) in [6, 6.07) is 0. The SMILES string of the molecule is C=C(CCC=C(C)C)[C@H]1CC[C@]2(C)[C@@H]1[C@H](O)C[C@@H]1[C@@]3(C)CC[C@H](O[C@H]4O[C@H](CO)[C@@H](O)[C@H](O)[C@H]4O[C@@H]4O[C@H](CC)[C@@H](O)[C@H](O)[C@H]4O)C(C)(C)[C@@H]3CC[C@]12C. The third-order valence-electron chi connectivity index (χ3n) is 16.4. The summed E-state index contributed by atoms with van der Waals surface area (Å²) in [6.07, 6.45) is -3.13. The van der Waals surface area contributed by atoms with Crippen LogP contribution in [0.4, 0.5) is 0 Å². The van der Waals surface area contributed by atoms with E-state index in [-0.39, 0.29) is 39.6 Å². The van der Waals surface area contributed by atoms with Gasteiger partial charge in [-0.15, -0.1) is 0 Å². The van der Waals surface area contributed by atoms with Crippen LogP contribution in [0.1, 0.15) is 120 Å². The Hall–Kier alpha value is -0.960. The maximum absolute atomic E-state index is 12.1. The highest BCUT2D eigenvalue weighted by molar-refractivity contribution is 5.22. The van der Waals surface area contributed by atoms with Gasteiger partial charge in [-0.2, -0.15) is 0 Å². The van der Waals surface area contributed by atoms with E-state index in [2.05, 4.69) is 61.1 Å². The number of allylic oxidation sites excluding steroid dienone is 3. The Kier molecular flexibility index (Phi) is 12.4. The molecule has 6 fully saturated rings. The molecule has 54 heavy (non-hydrogen) atoms. The van der Waals surface area contributed by atoms with Crippen molar-refractivity contribution in [3.63, 3.8) is 0 Å². The van der Waals surface area contributed by atoms with E-state index in [4.69, 9.17) is 18.9 Å². The maximum Gasteiger partial charge on any atom is 0.187 e. The Balaban J connectivity index is 1.22. The van der Waals surface area contributed by atoms with Gasteiger partial charge in [-0.25, -0.2) is 0 Å². The van der Waals surface area contributed by atoms with E-state index in [9.17, 15) is 35.7 Å². The van der Waals surface area contributed by atoms with Gasteiger partial charge < -0.3 is 54.7 Å². The van der Waals surface area contributed by atoms with Crippen molar-refractivity contribution in [3.8, 4) is 0 Å². The molecular formula is C43H72O11. The molecule has 0 spiro atoms. The monoisotopic (exact) mass is 765 g/mol. The van der Waals surface area contributed by atoms with Gasteiger partial charge in [0, 0.05) is 0 Å². The zero-order valence-electron chi connectivity index (χ0n) is 34.1. The van der Waals surface area contributed by atoms with Crippen molar-refractivity contribution in [2.24, 2.45) is 45.3 Å². The molecule has 2 heterocycles. The average Bonchev–Trinajstić information content (AvgIpc) is 3.49. The number of hydrogen-bond acceptors (Lipinski definition) is 11.